The van der Waals surface area contributed by atoms with E-state index in [0.717, 1.165) is 0 Å². The van der Waals surface area contributed by atoms with Crippen LogP contribution in [0, 0.1) is 0 Å². The van der Waals surface area contributed by atoms with Crippen LogP contribution in [0.4, 0.5) is 4.79 Å². The van der Waals surface area contributed by atoms with Crippen LogP contribution in [0.5, 0.6) is 0 Å². The molecule has 5 heteroatoms. The van der Waals surface area contributed by atoms with Crippen molar-refractivity contribution in [3.8, 4) is 0 Å². The van der Waals surface area contributed by atoms with Gasteiger partial charge in [-0.05, 0) is 26.7 Å². The lowest BCUT2D eigenvalue weighted by Crippen LogP contribution is -2.47. The van der Waals surface area contributed by atoms with Gasteiger partial charge in [-0.3, -0.25) is 4.90 Å². The average molecular weight is 203 g/mol. The summed E-state index contributed by atoms with van der Waals surface area (Å²) >= 11 is 0. The zero-order valence-corrected chi connectivity index (χ0v) is 8.56. The van der Waals surface area contributed by atoms with Crippen LogP contribution >= 0.6 is 0 Å². The Balaban J connectivity index is 2.64. The second-order valence-electron chi connectivity index (χ2n) is 3.93. The summed E-state index contributed by atoms with van der Waals surface area (Å²) < 4.78 is 5.39. The van der Waals surface area contributed by atoms with E-state index < -0.39 is 11.8 Å². The van der Waals surface area contributed by atoms with Crippen molar-refractivity contribution in [1.82, 2.24) is 4.90 Å². The number of carbonyl (C=O) groups is 1. The Kier molecular flexibility index (Phi) is 3.34. The summed E-state index contributed by atoms with van der Waals surface area (Å²) in [5, 5.41) is 17.7. The number of ether oxygens (including phenoxy) is 1. The van der Waals surface area contributed by atoms with Crippen molar-refractivity contribution in [3.05, 3.63) is 0 Å². The first-order chi connectivity index (χ1) is 6.49. The minimum absolute atomic E-state index is 0.0877. The van der Waals surface area contributed by atoms with Gasteiger partial charge >= 0.3 is 6.09 Å². The molecule has 0 spiro atoms. The number of aliphatic hydroxyl groups is 1. The molecule has 0 saturated carbocycles. The van der Waals surface area contributed by atoms with E-state index in [4.69, 9.17) is 14.9 Å². The van der Waals surface area contributed by atoms with E-state index in [-0.39, 0.29) is 12.6 Å². The first-order valence-corrected chi connectivity index (χ1v) is 4.76. The first-order valence-electron chi connectivity index (χ1n) is 4.76. The molecule has 82 valence electrons. The molecular weight excluding hydrogens is 186 g/mol. The molecule has 0 aromatic carbocycles. The standard InChI is InChI=1S/C9H17NO4/c1-9(2)10(8(12)13)7(6-14-9)4-3-5-11/h7,11H,3-6H2,1-2H3,(H,12,13). The van der Waals surface area contributed by atoms with E-state index in [1.165, 1.54) is 4.90 Å². The molecule has 0 aromatic heterocycles. The number of amides is 1. The third-order valence-electron chi connectivity index (χ3n) is 2.48. The molecule has 2 N–H and O–H groups in total. The Labute approximate surface area is 83.3 Å². The molecule has 0 radical (unpaired) electrons. The van der Waals surface area contributed by atoms with Crippen LogP contribution in [0.3, 0.4) is 0 Å². The van der Waals surface area contributed by atoms with Crippen molar-refractivity contribution in [2.75, 3.05) is 13.2 Å². The summed E-state index contributed by atoms with van der Waals surface area (Å²) in [6.45, 7) is 3.98. The summed E-state index contributed by atoms with van der Waals surface area (Å²) in [5.41, 5.74) is -0.744. The number of hydrogen-bond acceptors (Lipinski definition) is 3. The molecule has 1 amide bonds. The van der Waals surface area contributed by atoms with Gasteiger partial charge in [0.15, 0.2) is 0 Å². The highest BCUT2D eigenvalue weighted by molar-refractivity contribution is 5.66. The molecule has 1 fully saturated rings. The predicted octanol–water partition coefficient (Wildman–Crippen LogP) is 0.874. The molecule has 1 atom stereocenters. The van der Waals surface area contributed by atoms with Crippen LogP contribution in [-0.2, 0) is 4.74 Å². The number of nitrogens with zero attached hydrogens (tertiary/aromatic N) is 1. The molecule has 1 heterocycles. The highest BCUT2D eigenvalue weighted by Crippen LogP contribution is 2.29. The topological polar surface area (TPSA) is 70.0 Å². The van der Waals surface area contributed by atoms with Crippen LogP contribution in [0.2, 0.25) is 0 Å². The smallest absolute Gasteiger partial charge is 0.409 e. The van der Waals surface area contributed by atoms with Crippen molar-refractivity contribution in [3.63, 3.8) is 0 Å². The summed E-state index contributed by atoms with van der Waals surface area (Å²) in [5.74, 6) is 0. The monoisotopic (exact) mass is 203 g/mol. The molecule has 0 aliphatic carbocycles. The Hall–Kier alpha value is -0.810. The zero-order valence-electron chi connectivity index (χ0n) is 8.56. The Morgan fingerprint density at radius 2 is 2.29 bits per heavy atom. The summed E-state index contributed by atoms with van der Waals surface area (Å²) in [7, 11) is 0. The van der Waals surface area contributed by atoms with Gasteiger partial charge in [0.2, 0.25) is 0 Å². The summed E-state index contributed by atoms with van der Waals surface area (Å²) in [6.07, 6.45) is 0.288. The highest BCUT2D eigenvalue weighted by Gasteiger charge is 2.43. The zero-order chi connectivity index (χ0) is 10.8. The van der Waals surface area contributed by atoms with Crippen molar-refractivity contribution in [1.29, 1.82) is 0 Å². The van der Waals surface area contributed by atoms with Gasteiger partial charge in [0.1, 0.15) is 5.72 Å². The Morgan fingerprint density at radius 1 is 1.64 bits per heavy atom. The fraction of sp³-hybridized carbons (Fsp3) is 0.889. The predicted molar refractivity (Wildman–Crippen MR) is 50.0 cm³/mol. The number of hydrogen-bond donors (Lipinski definition) is 2. The fourth-order valence-corrected chi connectivity index (χ4v) is 1.81. The fourth-order valence-electron chi connectivity index (χ4n) is 1.81. The van der Waals surface area contributed by atoms with Gasteiger partial charge in [0, 0.05) is 6.61 Å². The second-order valence-corrected chi connectivity index (χ2v) is 3.93. The quantitative estimate of drug-likeness (QED) is 0.714. The van der Waals surface area contributed by atoms with Gasteiger partial charge in [-0.1, -0.05) is 0 Å². The van der Waals surface area contributed by atoms with Gasteiger partial charge in [0.05, 0.1) is 12.6 Å². The van der Waals surface area contributed by atoms with Crippen molar-refractivity contribution < 1.29 is 19.7 Å². The Bertz CT molecular complexity index is 217. The maximum Gasteiger partial charge on any atom is 0.409 e. The van der Waals surface area contributed by atoms with Crippen LogP contribution in [0.25, 0.3) is 0 Å². The largest absolute Gasteiger partial charge is 0.465 e. The highest BCUT2D eigenvalue weighted by atomic mass is 16.5. The van der Waals surface area contributed by atoms with Gasteiger partial charge in [0.25, 0.3) is 0 Å². The van der Waals surface area contributed by atoms with Crippen molar-refractivity contribution in [2.45, 2.75) is 38.5 Å². The number of rotatable bonds is 3. The molecule has 1 rings (SSSR count). The molecule has 14 heavy (non-hydrogen) atoms. The van der Waals surface area contributed by atoms with E-state index in [1.807, 2.05) is 0 Å². The first kappa shape index (κ1) is 11.3. The van der Waals surface area contributed by atoms with E-state index in [0.29, 0.717) is 19.4 Å². The Morgan fingerprint density at radius 3 is 2.79 bits per heavy atom. The normalized spacial score (nSPS) is 25.4. The van der Waals surface area contributed by atoms with Crippen LogP contribution < -0.4 is 0 Å². The number of aliphatic hydroxyl groups excluding tert-OH is 1. The third-order valence-corrected chi connectivity index (χ3v) is 2.48. The van der Waals surface area contributed by atoms with Crippen LogP contribution in [-0.4, -0.2) is 46.2 Å². The number of carboxylic acid groups (broad SMARTS) is 1. The van der Waals surface area contributed by atoms with Gasteiger partial charge in [-0.2, -0.15) is 0 Å². The molecule has 1 unspecified atom stereocenters. The maximum absolute atomic E-state index is 11.0. The van der Waals surface area contributed by atoms with E-state index >= 15 is 0 Å². The molecule has 1 aliphatic rings. The molecule has 5 nitrogen and oxygen atoms in total. The van der Waals surface area contributed by atoms with Crippen molar-refractivity contribution in [2.24, 2.45) is 0 Å². The second kappa shape index (κ2) is 4.14. The molecule has 0 aromatic rings. The van der Waals surface area contributed by atoms with E-state index in [9.17, 15) is 4.79 Å². The molecule has 1 saturated heterocycles. The SMILES string of the molecule is CC1(C)OCC(CCCO)N1C(=O)O. The lowest BCUT2D eigenvalue weighted by Gasteiger charge is -2.30. The van der Waals surface area contributed by atoms with Crippen LogP contribution in [0.1, 0.15) is 26.7 Å². The molecule has 0 bridgehead atoms. The van der Waals surface area contributed by atoms with Gasteiger partial charge in [-0.25, -0.2) is 4.79 Å². The average Bonchev–Trinajstić information content (AvgIpc) is 2.37. The minimum Gasteiger partial charge on any atom is -0.465 e. The lowest BCUT2D eigenvalue weighted by molar-refractivity contribution is -0.0422. The third kappa shape index (κ3) is 2.16. The minimum atomic E-state index is -0.963. The summed E-state index contributed by atoms with van der Waals surface area (Å²) in [4.78, 5) is 12.3. The maximum atomic E-state index is 11.0. The van der Waals surface area contributed by atoms with Gasteiger partial charge in [-0.15, -0.1) is 0 Å². The molecule has 1 aliphatic heterocycles. The van der Waals surface area contributed by atoms with Gasteiger partial charge < -0.3 is 14.9 Å². The van der Waals surface area contributed by atoms with E-state index in [1.54, 1.807) is 13.8 Å². The van der Waals surface area contributed by atoms with Crippen LogP contribution in [0.15, 0.2) is 0 Å². The van der Waals surface area contributed by atoms with Crippen molar-refractivity contribution >= 4 is 6.09 Å². The van der Waals surface area contributed by atoms with E-state index in [2.05, 4.69) is 0 Å². The summed E-state index contributed by atoms with van der Waals surface area (Å²) in [6, 6.07) is -0.130. The molecular formula is C9H17NO4. The lowest BCUT2D eigenvalue weighted by atomic mass is 10.1.